The Labute approximate surface area is 183 Å². The van der Waals surface area contributed by atoms with Crippen molar-refractivity contribution in [2.45, 2.75) is 19.1 Å². The van der Waals surface area contributed by atoms with Gasteiger partial charge in [-0.25, -0.2) is 13.6 Å². The molecule has 0 aliphatic carbocycles. The topological polar surface area (TPSA) is 148 Å². The zero-order valence-corrected chi connectivity index (χ0v) is 17.3. The molecule has 3 rings (SSSR count). The lowest BCUT2D eigenvalue weighted by atomic mass is 10.0. The summed E-state index contributed by atoms with van der Waals surface area (Å²) in [4.78, 5) is 12.9. The van der Waals surface area contributed by atoms with Crippen molar-refractivity contribution in [3.05, 3.63) is 82.3 Å². The van der Waals surface area contributed by atoms with Gasteiger partial charge in [0.1, 0.15) is 17.7 Å². The van der Waals surface area contributed by atoms with E-state index in [4.69, 9.17) is 27.0 Å². The number of nitrogens with two attached hydrogens (primary N) is 3. The van der Waals surface area contributed by atoms with Crippen molar-refractivity contribution >= 4 is 11.7 Å². The van der Waals surface area contributed by atoms with E-state index in [1.807, 2.05) is 11.8 Å². The molecule has 0 saturated carbocycles. The van der Waals surface area contributed by atoms with Crippen LogP contribution in [0.5, 0.6) is 5.75 Å². The summed E-state index contributed by atoms with van der Waals surface area (Å²) in [6, 6.07) is 7.57. The lowest BCUT2D eigenvalue weighted by Crippen LogP contribution is -2.45. The average molecular weight is 446 g/mol. The van der Waals surface area contributed by atoms with E-state index in [1.165, 1.54) is 18.2 Å². The summed E-state index contributed by atoms with van der Waals surface area (Å²) in [5, 5.41) is 19.0. The van der Waals surface area contributed by atoms with Crippen molar-refractivity contribution in [2.75, 3.05) is 13.2 Å². The fraction of sp³-hybridized carbons (Fsp3) is 0.227. The molecule has 1 fully saturated rings. The number of aromatic carboxylic acids is 1. The monoisotopic (exact) mass is 446 g/mol. The normalized spacial score (nSPS) is 19.0. The second-order valence-corrected chi connectivity index (χ2v) is 7.47. The van der Waals surface area contributed by atoms with Crippen molar-refractivity contribution in [3.63, 3.8) is 0 Å². The maximum Gasteiger partial charge on any atom is 0.335 e. The number of hydrogen-bond donors (Lipinski definition) is 5. The first-order valence-electron chi connectivity index (χ1n) is 9.70. The number of carboxylic acids is 1. The second-order valence-electron chi connectivity index (χ2n) is 7.47. The first-order chi connectivity index (χ1) is 15.1. The number of nitrogens with zero attached hydrogens (tertiary/aromatic N) is 1. The Hall–Kier alpha value is -3.79. The van der Waals surface area contributed by atoms with Crippen LogP contribution in [0.25, 0.3) is 5.70 Å². The van der Waals surface area contributed by atoms with Crippen molar-refractivity contribution < 1.29 is 28.5 Å². The molecule has 1 heterocycles. The summed E-state index contributed by atoms with van der Waals surface area (Å²) in [6.45, 7) is 2.47. The van der Waals surface area contributed by atoms with Crippen LogP contribution in [-0.2, 0) is 4.74 Å². The predicted molar refractivity (Wildman–Crippen MR) is 114 cm³/mol. The van der Waals surface area contributed by atoms with Crippen LogP contribution in [0.3, 0.4) is 0 Å². The van der Waals surface area contributed by atoms with E-state index < -0.39 is 29.5 Å². The molecule has 0 aromatic heterocycles. The number of halogens is 2. The van der Waals surface area contributed by atoms with Gasteiger partial charge in [0.25, 0.3) is 0 Å². The number of phenolic OH excluding ortho intramolecular Hbond substituents is 1. The Morgan fingerprint density at radius 2 is 1.84 bits per heavy atom. The number of phenols is 1. The highest BCUT2D eigenvalue weighted by atomic mass is 19.1. The summed E-state index contributed by atoms with van der Waals surface area (Å²) in [5.41, 5.74) is 18.6. The number of carboxylic acid groups (broad SMARTS) is 1. The number of allylic oxidation sites excluding steroid dienone is 1. The van der Waals surface area contributed by atoms with Gasteiger partial charge in [0.05, 0.1) is 17.9 Å². The van der Waals surface area contributed by atoms with Crippen LogP contribution in [0, 0.1) is 11.6 Å². The van der Waals surface area contributed by atoms with Gasteiger partial charge in [0, 0.05) is 29.9 Å². The van der Waals surface area contributed by atoms with Crippen molar-refractivity contribution in [1.82, 2.24) is 4.90 Å². The molecule has 1 saturated heterocycles. The third kappa shape index (κ3) is 4.75. The summed E-state index contributed by atoms with van der Waals surface area (Å²) in [6.07, 6.45) is 0.924. The van der Waals surface area contributed by atoms with Crippen LogP contribution >= 0.6 is 0 Å². The van der Waals surface area contributed by atoms with E-state index >= 15 is 0 Å². The van der Waals surface area contributed by atoms with E-state index in [9.17, 15) is 18.7 Å². The summed E-state index contributed by atoms with van der Waals surface area (Å²) in [5.74, 6) is -3.95. The van der Waals surface area contributed by atoms with Gasteiger partial charge in [-0.3, -0.25) is 0 Å². The highest BCUT2D eigenvalue weighted by Crippen LogP contribution is 2.31. The number of ether oxygens (including phenoxy) is 1. The van der Waals surface area contributed by atoms with Crippen LogP contribution in [-0.4, -0.2) is 40.3 Å². The largest absolute Gasteiger partial charge is 0.504 e. The fourth-order valence-electron chi connectivity index (χ4n) is 3.48. The Kier molecular flexibility index (Phi) is 6.54. The quantitative estimate of drug-likeness (QED) is 0.439. The Bertz CT molecular complexity index is 1080. The van der Waals surface area contributed by atoms with E-state index in [1.54, 1.807) is 12.1 Å². The standard InChI is InChI=1S/C22H24F2N4O4/c1-11-10-32-19(12-2-4-13(5-3-12)22(30)31)9-28(11)18(21(26)27)8-17(25)15-6-14(23)7-16(24)20(15)29/h2-8,11,19,29H,9-10,25-27H2,1H3,(H,30,31)/b17-8-. The number of rotatable bonds is 5. The van der Waals surface area contributed by atoms with Gasteiger partial charge in [-0.05, 0) is 36.8 Å². The SMILES string of the molecule is CC1COC(c2ccc(C(=O)O)cc2)CN1C(/C=C(\N)c1cc(F)cc(F)c1O)=C(N)N. The summed E-state index contributed by atoms with van der Waals surface area (Å²) >= 11 is 0. The third-order valence-electron chi connectivity index (χ3n) is 5.20. The molecule has 2 unspecified atom stereocenters. The van der Waals surface area contributed by atoms with E-state index in [0.717, 1.165) is 11.6 Å². The maximum absolute atomic E-state index is 13.7. The van der Waals surface area contributed by atoms with Crippen molar-refractivity contribution in [3.8, 4) is 5.75 Å². The minimum absolute atomic E-state index is 0.0851. The van der Waals surface area contributed by atoms with E-state index in [2.05, 4.69) is 0 Å². The molecule has 2 aromatic carbocycles. The molecule has 1 aliphatic rings. The fourth-order valence-corrected chi connectivity index (χ4v) is 3.48. The molecule has 0 amide bonds. The summed E-state index contributed by atoms with van der Waals surface area (Å²) in [7, 11) is 0. The van der Waals surface area contributed by atoms with E-state index in [0.29, 0.717) is 24.9 Å². The van der Waals surface area contributed by atoms with Crippen LogP contribution in [0.2, 0.25) is 0 Å². The predicted octanol–water partition coefficient (Wildman–Crippen LogP) is 2.22. The van der Waals surface area contributed by atoms with Gasteiger partial charge < -0.3 is 37.1 Å². The number of morpholine rings is 1. The number of hydrogen-bond acceptors (Lipinski definition) is 7. The molecule has 2 atom stereocenters. The van der Waals surface area contributed by atoms with Crippen molar-refractivity contribution in [2.24, 2.45) is 17.2 Å². The van der Waals surface area contributed by atoms with Gasteiger partial charge >= 0.3 is 5.97 Å². The Morgan fingerprint density at radius 3 is 2.44 bits per heavy atom. The lowest BCUT2D eigenvalue weighted by molar-refractivity contribution is -0.0457. The molecule has 170 valence electrons. The molecule has 10 heteroatoms. The first kappa shape index (κ1) is 22.9. The highest BCUT2D eigenvalue weighted by Gasteiger charge is 2.29. The zero-order chi connectivity index (χ0) is 23.6. The second kappa shape index (κ2) is 9.15. The number of benzene rings is 2. The lowest BCUT2D eigenvalue weighted by Gasteiger charge is -2.40. The smallest absolute Gasteiger partial charge is 0.335 e. The van der Waals surface area contributed by atoms with Crippen molar-refractivity contribution in [1.29, 1.82) is 0 Å². The maximum atomic E-state index is 13.7. The van der Waals surface area contributed by atoms with E-state index in [-0.39, 0.29) is 28.7 Å². The molecule has 1 aliphatic heterocycles. The number of carbonyl (C=O) groups is 1. The molecule has 0 radical (unpaired) electrons. The Balaban J connectivity index is 1.92. The van der Waals surface area contributed by atoms with Gasteiger partial charge in [-0.2, -0.15) is 0 Å². The summed E-state index contributed by atoms with van der Waals surface area (Å²) < 4.78 is 33.3. The van der Waals surface area contributed by atoms with Gasteiger partial charge in [0.2, 0.25) is 0 Å². The Morgan fingerprint density at radius 1 is 1.19 bits per heavy atom. The molecule has 32 heavy (non-hydrogen) atoms. The molecule has 2 aromatic rings. The third-order valence-corrected chi connectivity index (χ3v) is 5.20. The van der Waals surface area contributed by atoms with Gasteiger partial charge in [-0.1, -0.05) is 12.1 Å². The molecule has 0 bridgehead atoms. The van der Waals surface area contributed by atoms with Crippen LogP contribution in [0.1, 0.15) is 34.5 Å². The van der Waals surface area contributed by atoms with Gasteiger partial charge in [-0.15, -0.1) is 0 Å². The zero-order valence-electron chi connectivity index (χ0n) is 17.3. The van der Waals surface area contributed by atoms with Gasteiger partial charge in [0.15, 0.2) is 11.6 Å². The average Bonchev–Trinajstić information content (AvgIpc) is 2.74. The molecule has 0 spiro atoms. The van der Waals surface area contributed by atoms with Crippen LogP contribution in [0.15, 0.2) is 54.0 Å². The van der Waals surface area contributed by atoms with Crippen LogP contribution in [0.4, 0.5) is 8.78 Å². The highest BCUT2D eigenvalue weighted by molar-refractivity contribution is 5.87. The first-order valence-corrected chi connectivity index (χ1v) is 9.70. The molecular formula is C22H24F2N4O4. The molecule has 8 nitrogen and oxygen atoms in total. The molecular weight excluding hydrogens is 422 g/mol. The molecule has 8 N–H and O–H groups in total. The minimum atomic E-state index is -1.15. The number of aromatic hydroxyl groups is 1. The minimum Gasteiger partial charge on any atom is -0.504 e. The van der Waals surface area contributed by atoms with Crippen LogP contribution < -0.4 is 17.2 Å².